The van der Waals surface area contributed by atoms with E-state index in [1.165, 1.54) is 10.4 Å². The lowest BCUT2D eigenvalue weighted by Crippen LogP contribution is -2.71. The molecule has 3 rings (SSSR count). The minimum absolute atomic E-state index is 0.0101. The van der Waals surface area contributed by atoms with Gasteiger partial charge in [0.1, 0.15) is 5.73 Å². The van der Waals surface area contributed by atoms with Gasteiger partial charge in [-0.1, -0.05) is 87.5 Å². The highest BCUT2D eigenvalue weighted by molar-refractivity contribution is 7.05. The fourth-order valence-electron chi connectivity index (χ4n) is 4.30. The number of ether oxygens (including phenoxy) is 1. The molecule has 25 heavy (non-hydrogen) atoms. The number of carbonyl (C=O) groups excluding carboxylic acids is 1. The molecule has 0 bridgehead atoms. The number of esters is 1. The molecule has 1 aliphatic rings. The molecule has 3 heteroatoms. The molecule has 0 amide bonds. The Morgan fingerprint density at radius 3 is 1.80 bits per heavy atom. The zero-order valence-electron chi connectivity index (χ0n) is 15.5. The second kappa shape index (κ2) is 6.64. The summed E-state index contributed by atoms with van der Waals surface area (Å²) in [4.78, 5) is 12.4. The van der Waals surface area contributed by atoms with Crippen molar-refractivity contribution in [2.45, 2.75) is 44.9 Å². The normalized spacial score (nSPS) is 19.9. The predicted molar refractivity (Wildman–Crippen MR) is 106 cm³/mol. The van der Waals surface area contributed by atoms with Crippen molar-refractivity contribution < 1.29 is 9.53 Å². The summed E-state index contributed by atoms with van der Waals surface area (Å²) in [5, 5.41) is 2.64. The molecule has 0 radical (unpaired) electrons. The Labute approximate surface area is 151 Å². The standard InChI is InChI=1S/C22H26O2Si/c1-5-17-16-20(24-21(17)23)25(22(2,3)4,18-12-8-6-9-13-18)19-14-10-7-11-15-19/h5-15,20H,16H2,1-4H3/b17-5+. The maximum absolute atomic E-state index is 12.4. The Kier molecular flexibility index (Phi) is 4.70. The molecule has 2 nitrogen and oxygen atoms in total. The summed E-state index contributed by atoms with van der Waals surface area (Å²) < 4.78 is 6.02. The smallest absolute Gasteiger partial charge is 0.333 e. The monoisotopic (exact) mass is 350 g/mol. The first-order valence-corrected chi connectivity index (χ1v) is 11.0. The molecular formula is C22H26O2Si. The Hall–Kier alpha value is -2.13. The van der Waals surface area contributed by atoms with Gasteiger partial charge in [0.05, 0.1) is 0 Å². The van der Waals surface area contributed by atoms with Gasteiger partial charge in [0.2, 0.25) is 0 Å². The maximum Gasteiger partial charge on any atom is 0.333 e. The minimum Gasteiger partial charge on any atom is -0.462 e. The molecule has 1 heterocycles. The van der Waals surface area contributed by atoms with Gasteiger partial charge < -0.3 is 4.74 Å². The van der Waals surface area contributed by atoms with E-state index in [1.807, 2.05) is 25.1 Å². The van der Waals surface area contributed by atoms with E-state index in [9.17, 15) is 4.79 Å². The van der Waals surface area contributed by atoms with E-state index in [-0.39, 0.29) is 16.7 Å². The molecule has 0 aromatic heterocycles. The second-order valence-electron chi connectivity index (χ2n) is 7.70. The van der Waals surface area contributed by atoms with Crippen LogP contribution < -0.4 is 10.4 Å². The summed E-state index contributed by atoms with van der Waals surface area (Å²) >= 11 is 0. The van der Waals surface area contributed by atoms with Gasteiger partial charge in [0, 0.05) is 12.0 Å². The van der Waals surface area contributed by atoms with Crippen molar-refractivity contribution in [3.63, 3.8) is 0 Å². The third-order valence-electron chi connectivity index (χ3n) is 5.39. The van der Waals surface area contributed by atoms with E-state index < -0.39 is 8.07 Å². The third kappa shape index (κ3) is 2.87. The topological polar surface area (TPSA) is 26.3 Å². The number of cyclic esters (lactones) is 1. The number of hydrogen-bond acceptors (Lipinski definition) is 2. The summed E-state index contributed by atoms with van der Waals surface area (Å²) in [6, 6.07) is 21.3. The van der Waals surface area contributed by atoms with Gasteiger partial charge in [0.25, 0.3) is 0 Å². The first kappa shape index (κ1) is 17.7. The highest BCUT2D eigenvalue weighted by atomic mass is 28.3. The fraction of sp³-hybridized carbons (Fsp3) is 0.318. The van der Waals surface area contributed by atoms with Crippen molar-refractivity contribution in [1.82, 2.24) is 0 Å². The first-order valence-electron chi connectivity index (χ1n) is 8.88. The molecule has 1 atom stereocenters. The third-order valence-corrected chi connectivity index (χ3v) is 11.5. The van der Waals surface area contributed by atoms with Crippen LogP contribution in [-0.4, -0.2) is 19.8 Å². The van der Waals surface area contributed by atoms with Crippen LogP contribution in [0.25, 0.3) is 0 Å². The molecule has 0 spiro atoms. The van der Waals surface area contributed by atoms with E-state index in [0.717, 1.165) is 5.57 Å². The minimum atomic E-state index is -2.40. The van der Waals surface area contributed by atoms with Gasteiger partial charge in [-0.25, -0.2) is 4.79 Å². The van der Waals surface area contributed by atoms with Crippen molar-refractivity contribution in [3.05, 3.63) is 72.3 Å². The predicted octanol–water partition coefficient (Wildman–Crippen LogP) is 3.85. The van der Waals surface area contributed by atoms with Crippen molar-refractivity contribution in [3.8, 4) is 0 Å². The van der Waals surface area contributed by atoms with Crippen LogP contribution in [0.5, 0.6) is 0 Å². The van der Waals surface area contributed by atoms with E-state index >= 15 is 0 Å². The zero-order chi connectivity index (χ0) is 18.1. The van der Waals surface area contributed by atoms with E-state index in [2.05, 4.69) is 69.3 Å². The van der Waals surface area contributed by atoms with Crippen LogP contribution in [0.1, 0.15) is 34.1 Å². The van der Waals surface area contributed by atoms with Gasteiger partial charge in [-0.15, -0.1) is 0 Å². The van der Waals surface area contributed by atoms with Crippen molar-refractivity contribution in [2.75, 3.05) is 0 Å². The van der Waals surface area contributed by atoms with E-state index in [0.29, 0.717) is 6.42 Å². The van der Waals surface area contributed by atoms with Crippen LogP contribution in [0.2, 0.25) is 5.04 Å². The van der Waals surface area contributed by atoms with Gasteiger partial charge in [-0.3, -0.25) is 0 Å². The summed E-state index contributed by atoms with van der Waals surface area (Å²) in [5.74, 6) is -0.152. The van der Waals surface area contributed by atoms with Crippen LogP contribution >= 0.6 is 0 Å². The van der Waals surface area contributed by atoms with Crippen LogP contribution in [0.15, 0.2) is 72.3 Å². The summed E-state index contributed by atoms with van der Waals surface area (Å²) in [7, 11) is -2.40. The molecule has 2 aromatic carbocycles. The van der Waals surface area contributed by atoms with Crippen molar-refractivity contribution in [2.24, 2.45) is 0 Å². The Morgan fingerprint density at radius 1 is 0.960 bits per heavy atom. The SMILES string of the molecule is C/C=C1\CC([Si](c2ccccc2)(c2ccccc2)C(C)(C)C)OC1=O. The summed E-state index contributed by atoms with van der Waals surface area (Å²) in [6.07, 6.45) is 2.60. The van der Waals surface area contributed by atoms with E-state index in [1.54, 1.807) is 0 Å². The Morgan fingerprint density at radius 2 is 1.44 bits per heavy atom. The highest BCUT2D eigenvalue weighted by Gasteiger charge is 2.57. The number of rotatable bonds is 3. The largest absolute Gasteiger partial charge is 0.462 e. The van der Waals surface area contributed by atoms with Crippen LogP contribution in [-0.2, 0) is 9.53 Å². The van der Waals surface area contributed by atoms with Crippen molar-refractivity contribution in [1.29, 1.82) is 0 Å². The molecule has 2 aromatic rings. The molecule has 1 fully saturated rings. The molecule has 0 aliphatic carbocycles. The van der Waals surface area contributed by atoms with E-state index in [4.69, 9.17) is 4.74 Å². The molecular weight excluding hydrogens is 324 g/mol. The molecule has 130 valence electrons. The quantitative estimate of drug-likeness (QED) is 0.477. The average Bonchev–Trinajstić information content (AvgIpc) is 2.97. The maximum atomic E-state index is 12.4. The lowest BCUT2D eigenvalue weighted by molar-refractivity contribution is -0.136. The Bertz CT molecular complexity index is 733. The van der Waals surface area contributed by atoms with Gasteiger partial charge in [0.15, 0.2) is 8.07 Å². The Balaban J connectivity index is 2.29. The highest BCUT2D eigenvalue weighted by Crippen LogP contribution is 2.42. The number of hydrogen-bond donors (Lipinski definition) is 0. The number of allylic oxidation sites excluding steroid dienone is 1. The average molecular weight is 351 g/mol. The molecule has 1 aliphatic heterocycles. The molecule has 1 saturated heterocycles. The molecule has 1 unspecified atom stereocenters. The lowest BCUT2D eigenvalue weighted by Gasteiger charge is -2.46. The van der Waals surface area contributed by atoms with Gasteiger partial charge in [-0.05, 0) is 22.3 Å². The second-order valence-corrected chi connectivity index (χ2v) is 12.6. The van der Waals surface area contributed by atoms with Crippen LogP contribution in [0, 0.1) is 0 Å². The van der Waals surface area contributed by atoms with Crippen LogP contribution in [0.4, 0.5) is 0 Å². The van der Waals surface area contributed by atoms with Gasteiger partial charge >= 0.3 is 5.97 Å². The number of benzene rings is 2. The van der Waals surface area contributed by atoms with Gasteiger partial charge in [-0.2, -0.15) is 0 Å². The first-order chi connectivity index (χ1) is 11.9. The fourth-order valence-corrected chi connectivity index (χ4v) is 10.3. The van der Waals surface area contributed by atoms with Crippen molar-refractivity contribution >= 4 is 24.4 Å². The number of carbonyl (C=O) groups is 1. The molecule has 0 N–H and O–H groups in total. The zero-order valence-corrected chi connectivity index (χ0v) is 16.5. The molecule has 0 saturated carbocycles. The summed E-state index contributed by atoms with van der Waals surface area (Å²) in [6.45, 7) is 8.80. The lowest BCUT2D eigenvalue weighted by atomic mass is 10.2. The summed E-state index contributed by atoms with van der Waals surface area (Å²) in [5.41, 5.74) is 0.717. The van der Waals surface area contributed by atoms with Crippen LogP contribution in [0.3, 0.4) is 0 Å².